The average molecular weight is 353 g/mol. The molecule has 0 spiro atoms. The topological polar surface area (TPSA) is 41.1 Å². The largest absolute Gasteiger partial charge is 0.354 e. The Hall–Kier alpha value is -1.69. The predicted octanol–water partition coefficient (Wildman–Crippen LogP) is 4.36. The molecule has 0 unspecified atom stereocenters. The van der Waals surface area contributed by atoms with Crippen LogP contribution < -0.4 is 10.2 Å². The van der Waals surface area contributed by atoms with E-state index in [0.29, 0.717) is 24.0 Å². The van der Waals surface area contributed by atoms with Gasteiger partial charge >= 0.3 is 0 Å². The highest BCUT2D eigenvalue weighted by molar-refractivity contribution is 9.10. The summed E-state index contributed by atoms with van der Waals surface area (Å²) >= 11 is 3.45. The predicted molar refractivity (Wildman–Crippen MR) is 87.6 cm³/mol. The third kappa shape index (κ3) is 3.69. The first-order valence-corrected chi connectivity index (χ1v) is 7.75. The maximum atomic E-state index is 14.0. The third-order valence-electron chi connectivity index (χ3n) is 2.97. The Balaban J connectivity index is 2.40. The van der Waals surface area contributed by atoms with E-state index in [4.69, 9.17) is 0 Å². The first-order valence-electron chi connectivity index (χ1n) is 6.95. The Labute approximate surface area is 132 Å². The molecule has 0 amide bonds. The zero-order chi connectivity index (χ0) is 15.2. The number of halogens is 2. The van der Waals surface area contributed by atoms with Gasteiger partial charge in [-0.05, 0) is 41.4 Å². The molecular formula is C15H18BrFN4. The molecule has 1 N–H and O–H groups in total. The van der Waals surface area contributed by atoms with E-state index in [1.807, 2.05) is 17.9 Å². The van der Waals surface area contributed by atoms with Crippen LogP contribution in [0.5, 0.6) is 0 Å². The van der Waals surface area contributed by atoms with Crippen LogP contribution in [0.15, 0.2) is 34.9 Å². The summed E-state index contributed by atoms with van der Waals surface area (Å²) in [5, 5.41) is 3.14. The number of hydrogen-bond acceptors (Lipinski definition) is 4. The summed E-state index contributed by atoms with van der Waals surface area (Å²) in [5.41, 5.74) is 0.501. The lowest BCUT2D eigenvalue weighted by Gasteiger charge is -2.24. The van der Waals surface area contributed by atoms with Crippen molar-refractivity contribution in [1.29, 1.82) is 0 Å². The zero-order valence-electron chi connectivity index (χ0n) is 12.1. The Bertz CT molecular complexity index is 606. The number of nitrogens with zero attached hydrogens (tertiary/aromatic N) is 3. The quantitative estimate of drug-likeness (QED) is 0.838. The van der Waals surface area contributed by atoms with Crippen LogP contribution in [0.1, 0.15) is 20.3 Å². The highest BCUT2D eigenvalue weighted by atomic mass is 79.9. The van der Waals surface area contributed by atoms with Crippen molar-refractivity contribution in [2.45, 2.75) is 20.3 Å². The van der Waals surface area contributed by atoms with E-state index in [9.17, 15) is 4.39 Å². The van der Waals surface area contributed by atoms with Crippen LogP contribution in [0.3, 0.4) is 0 Å². The van der Waals surface area contributed by atoms with Crippen molar-refractivity contribution in [3.05, 3.63) is 40.8 Å². The Morgan fingerprint density at radius 1 is 1.29 bits per heavy atom. The van der Waals surface area contributed by atoms with Gasteiger partial charge < -0.3 is 10.2 Å². The molecule has 2 rings (SSSR count). The molecule has 1 aromatic heterocycles. The second-order valence-electron chi connectivity index (χ2n) is 4.49. The minimum atomic E-state index is -0.270. The Kier molecular flexibility index (Phi) is 5.50. The van der Waals surface area contributed by atoms with Gasteiger partial charge in [0.1, 0.15) is 5.82 Å². The molecule has 0 saturated carbocycles. The normalized spacial score (nSPS) is 10.5. The molecule has 2 aromatic rings. The SMILES string of the molecule is CCCNc1ncc(Br)c(N(CC)c2ccccc2F)n1. The van der Waals surface area contributed by atoms with Crippen molar-refractivity contribution in [2.75, 3.05) is 23.3 Å². The van der Waals surface area contributed by atoms with Crippen molar-refractivity contribution >= 4 is 33.4 Å². The Morgan fingerprint density at radius 2 is 2.05 bits per heavy atom. The van der Waals surface area contributed by atoms with Gasteiger partial charge in [-0.1, -0.05) is 19.1 Å². The van der Waals surface area contributed by atoms with Crippen LogP contribution in [0.2, 0.25) is 0 Å². The molecule has 0 aliphatic heterocycles. The smallest absolute Gasteiger partial charge is 0.224 e. The van der Waals surface area contributed by atoms with Crippen molar-refractivity contribution in [1.82, 2.24) is 9.97 Å². The summed E-state index contributed by atoms with van der Waals surface area (Å²) in [7, 11) is 0. The lowest BCUT2D eigenvalue weighted by molar-refractivity contribution is 0.625. The van der Waals surface area contributed by atoms with Crippen molar-refractivity contribution in [3.63, 3.8) is 0 Å². The van der Waals surface area contributed by atoms with Crippen molar-refractivity contribution in [2.24, 2.45) is 0 Å². The number of benzene rings is 1. The number of para-hydroxylation sites is 1. The standard InChI is InChI=1S/C15H18BrFN4/c1-3-9-18-15-19-10-11(16)14(20-15)21(4-2)13-8-6-5-7-12(13)17/h5-8,10H,3-4,9H2,1-2H3,(H,18,19,20). The first-order chi connectivity index (χ1) is 10.2. The van der Waals surface area contributed by atoms with E-state index in [2.05, 4.69) is 38.1 Å². The number of hydrogen-bond donors (Lipinski definition) is 1. The molecule has 4 nitrogen and oxygen atoms in total. The number of nitrogens with one attached hydrogen (secondary N) is 1. The monoisotopic (exact) mass is 352 g/mol. The van der Waals surface area contributed by atoms with E-state index >= 15 is 0 Å². The molecule has 0 bridgehead atoms. The molecule has 6 heteroatoms. The second-order valence-corrected chi connectivity index (χ2v) is 5.34. The van der Waals surface area contributed by atoms with E-state index in [1.54, 1.807) is 18.3 Å². The second kappa shape index (κ2) is 7.36. The van der Waals surface area contributed by atoms with Crippen LogP contribution in [0.25, 0.3) is 0 Å². The summed E-state index contributed by atoms with van der Waals surface area (Å²) in [6.07, 6.45) is 2.67. The number of rotatable bonds is 6. The molecule has 0 fully saturated rings. The summed E-state index contributed by atoms with van der Waals surface area (Å²) in [4.78, 5) is 10.5. The average Bonchev–Trinajstić information content (AvgIpc) is 2.50. The summed E-state index contributed by atoms with van der Waals surface area (Å²) in [6.45, 7) is 5.43. The zero-order valence-corrected chi connectivity index (χ0v) is 13.7. The van der Waals surface area contributed by atoms with E-state index in [-0.39, 0.29) is 5.82 Å². The minimum absolute atomic E-state index is 0.270. The molecule has 1 heterocycles. The fourth-order valence-electron chi connectivity index (χ4n) is 1.97. The summed E-state index contributed by atoms with van der Waals surface area (Å²) in [5.74, 6) is 0.925. The maximum absolute atomic E-state index is 14.0. The Morgan fingerprint density at radius 3 is 2.71 bits per heavy atom. The summed E-state index contributed by atoms with van der Waals surface area (Å²) in [6, 6.07) is 6.68. The lowest BCUT2D eigenvalue weighted by atomic mass is 10.2. The number of aromatic nitrogens is 2. The molecule has 0 aliphatic rings. The van der Waals surface area contributed by atoms with Gasteiger partial charge in [0.05, 0.1) is 10.2 Å². The minimum Gasteiger partial charge on any atom is -0.354 e. The van der Waals surface area contributed by atoms with Crippen molar-refractivity contribution < 1.29 is 4.39 Å². The highest BCUT2D eigenvalue weighted by Crippen LogP contribution is 2.31. The fraction of sp³-hybridized carbons (Fsp3) is 0.333. The van der Waals surface area contributed by atoms with Gasteiger partial charge in [0.25, 0.3) is 0 Å². The van der Waals surface area contributed by atoms with Crippen LogP contribution in [0.4, 0.5) is 21.8 Å². The van der Waals surface area contributed by atoms with Crippen LogP contribution >= 0.6 is 15.9 Å². The van der Waals surface area contributed by atoms with Gasteiger partial charge in [0.15, 0.2) is 5.82 Å². The van der Waals surface area contributed by atoms with Gasteiger partial charge in [-0.25, -0.2) is 9.37 Å². The molecule has 112 valence electrons. The molecular weight excluding hydrogens is 335 g/mol. The van der Waals surface area contributed by atoms with Gasteiger partial charge in [-0.15, -0.1) is 0 Å². The van der Waals surface area contributed by atoms with E-state index < -0.39 is 0 Å². The molecule has 21 heavy (non-hydrogen) atoms. The van der Waals surface area contributed by atoms with Gasteiger partial charge in [-0.3, -0.25) is 0 Å². The van der Waals surface area contributed by atoms with Gasteiger partial charge in [0, 0.05) is 19.3 Å². The molecule has 0 radical (unpaired) electrons. The van der Waals surface area contributed by atoms with Gasteiger partial charge in [0.2, 0.25) is 5.95 Å². The van der Waals surface area contributed by atoms with Gasteiger partial charge in [-0.2, -0.15) is 4.98 Å². The first kappa shape index (κ1) is 15.7. The van der Waals surface area contributed by atoms with Crippen LogP contribution in [0, 0.1) is 5.82 Å². The van der Waals surface area contributed by atoms with E-state index in [0.717, 1.165) is 17.4 Å². The lowest BCUT2D eigenvalue weighted by Crippen LogP contribution is -2.20. The summed E-state index contributed by atoms with van der Waals surface area (Å²) < 4.78 is 14.8. The fourth-order valence-corrected chi connectivity index (χ4v) is 2.38. The number of anilines is 3. The maximum Gasteiger partial charge on any atom is 0.224 e. The molecule has 1 aromatic carbocycles. The van der Waals surface area contributed by atoms with Crippen molar-refractivity contribution in [3.8, 4) is 0 Å². The van der Waals surface area contributed by atoms with Crippen LogP contribution in [-0.2, 0) is 0 Å². The molecule has 0 aliphatic carbocycles. The molecule has 0 saturated heterocycles. The van der Waals surface area contributed by atoms with Crippen LogP contribution in [-0.4, -0.2) is 23.1 Å². The highest BCUT2D eigenvalue weighted by Gasteiger charge is 2.16. The molecule has 0 atom stereocenters. The third-order valence-corrected chi connectivity index (χ3v) is 3.53. The van der Waals surface area contributed by atoms with E-state index in [1.165, 1.54) is 6.07 Å².